The molecule has 0 saturated carbocycles. The van der Waals surface area contributed by atoms with Gasteiger partial charge in [0.25, 0.3) is 17.3 Å². The van der Waals surface area contributed by atoms with Crippen LogP contribution in [0.1, 0.15) is 10.4 Å². The van der Waals surface area contributed by atoms with E-state index in [-0.39, 0.29) is 17.3 Å². The first-order valence-electron chi connectivity index (χ1n) is 8.00. The minimum absolute atomic E-state index is 0.0365. The molecule has 0 fully saturated rings. The van der Waals surface area contributed by atoms with Crippen LogP contribution in [-0.4, -0.2) is 15.8 Å². The molecule has 3 aromatic rings. The number of rotatable bonds is 6. The zero-order valence-corrected chi connectivity index (χ0v) is 14.3. The molecule has 0 radical (unpaired) electrons. The molecule has 0 bridgehead atoms. The van der Waals surface area contributed by atoms with E-state index in [2.05, 4.69) is 5.32 Å². The number of non-ortho nitro benzene ring substituents is 2. The molecule has 0 aliphatic rings. The summed E-state index contributed by atoms with van der Waals surface area (Å²) in [5.41, 5.74) is 0.701. The number of carbonyl (C=O) groups is 1. The summed E-state index contributed by atoms with van der Waals surface area (Å²) in [6.07, 6.45) is 0. The Balaban J connectivity index is 1.63. The second-order valence-electron chi connectivity index (χ2n) is 5.64. The number of ether oxygens (including phenoxy) is 1. The van der Waals surface area contributed by atoms with Crippen LogP contribution in [0, 0.1) is 20.2 Å². The highest BCUT2D eigenvalue weighted by molar-refractivity contribution is 6.04. The molecule has 28 heavy (non-hydrogen) atoms. The average molecular weight is 379 g/mol. The molecular weight excluding hydrogens is 366 g/mol. The minimum Gasteiger partial charge on any atom is -0.457 e. The second kappa shape index (κ2) is 7.96. The first kappa shape index (κ1) is 18.5. The summed E-state index contributed by atoms with van der Waals surface area (Å²) in [6.45, 7) is 0. The molecule has 0 atom stereocenters. The maximum absolute atomic E-state index is 12.3. The molecule has 0 unspecified atom stereocenters. The predicted octanol–water partition coefficient (Wildman–Crippen LogP) is 4.55. The van der Waals surface area contributed by atoms with Crippen LogP contribution in [0.3, 0.4) is 0 Å². The Bertz CT molecular complexity index is 1020. The molecule has 0 aliphatic heterocycles. The number of nitrogens with zero attached hydrogens (tertiary/aromatic N) is 2. The van der Waals surface area contributed by atoms with Crippen molar-refractivity contribution in [2.45, 2.75) is 0 Å². The molecule has 3 aromatic carbocycles. The fourth-order valence-electron chi connectivity index (χ4n) is 2.32. The summed E-state index contributed by atoms with van der Waals surface area (Å²) in [7, 11) is 0. The van der Waals surface area contributed by atoms with Gasteiger partial charge in [-0.25, -0.2) is 0 Å². The number of nitro benzene ring substituents is 2. The van der Waals surface area contributed by atoms with Crippen molar-refractivity contribution in [1.29, 1.82) is 0 Å². The molecule has 0 aromatic heterocycles. The maximum Gasteiger partial charge on any atom is 0.269 e. The van der Waals surface area contributed by atoms with E-state index in [1.165, 1.54) is 48.5 Å². The van der Waals surface area contributed by atoms with Crippen LogP contribution in [0.5, 0.6) is 11.5 Å². The summed E-state index contributed by atoms with van der Waals surface area (Å²) in [6, 6.07) is 17.4. The van der Waals surface area contributed by atoms with Crippen LogP contribution in [-0.2, 0) is 0 Å². The van der Waals surface area contributed by atoms with E-state index in [0.717, 1.165) is 0 Å². The second-order valence-corrected chi connectivity index (χ2v) is 5.64. The fraction of sp³-hybridized carbons (Fsp3) is 0. The van der Waals surface area contributed by atoms with Gasteiger partial charge in [0.05, 0.1) is 9.85 Å². The number of benzene rings is 3. The van der Waals surface area contributed by atoms with Crippen molar-refractivity contribution in [2.75, 3.05) is 5.32 Å². The van der Waals surface area contributed by atoms with E-state index >= 15 is 0 Å². The van der Waals surface area contributed by atoms with E-state index in [1.807, 2.05) is 0 Å². The van der Waals surface area contributed by atoms with Gasteiger partial charge in [0.2, 0.25) is 0 Å². The standard InChI is InChI=1S/C19H13N3O6/c23-19(20-14-3-5-15(6-4-14)21(24)25)13-1-9-17(10-2-13)28-18-11-7-16(8-12-18)22(26)27/h1-12H,(H,20,23). The molecular formula is C19H13N3O6. The summed E-state index contributed by atoms with van der Waals surface area (Å²) in [5, 5.41) is 23.9. The number of carbonyl (C=O) groups excluding carboxylic acids is 1. The summed E-state index contributed by atoms with van der Waals surface area (Å²) < 4.78 is 5.58. The molecule has 0 heterocycles. The third kappa shape index (κ3) is 4.47. The molecule has 1 N–H and O–H groups in total. The molecule has 0 spiro atoms. The van der Waals surface area contributed by atoms with Gasteiger partial charge in [-0.3, -0.25) is 25.0 Å². The van der Waals surface area contributed by atoms with Crippen molar-refractivity contribution in [3.05, 3.63) is 98.6 Å². The SMILES string of the molecule is O=C(Nc1ccc([N+](=O)[O-])cc1)c1ccc(Oc2ccc([N+](=O)[O-])cc2)cc1. The highest BCUT2D eigenvalue weighted by Crippen LogP contribution is 2.24. The number of hydrogen-bond acceptors (Lipinski definition) is 6. The lowest BCUT2D eigenvalue weighted by Crippen LogP contribution is -2.11. The first-order chi connectivity index (χ1) is 13.4. The van der Waals surface area contributed by atoms with E-state index in [1.54, 1.807) is 24.3 Å². The van der Waals surface area contributed by atoms with Gasteiger partial charge in [-0.15, -0.1) is 0 Å². The van der Waals surface area contributed by atoms with Crippen molar-refractivity contribution in [1.82, 2.24) is 0 Å². The number of hydrogen-bond donors (Lipinski definition) is 1. The fourth-order valence-corrected chi connectivity index (χ4v) is 2.32. The Morgan fingerprint density at radius 1 is 0.714 bits per heavy atom. The van der Waals surface area contributed by atoms with Crippen LogP contribution in [0.15, 0.2) is 72.8 Å². The van der Waals surface area contributed by atoms with Gasteiger partial charge in [-0.1, -0.05) is 0 Å². The van der Waals surface area contributed by atoms with Crippen LogP contribution in [0.25, 0.3) is 0 Å². The van der Waals surface area contributed by atoms with Gasteiger partial charge in [0, 0.05) is 35.5 Å². The largest absolute Gasteiger partial charge is 0.457 e. The number of nitro groups is 2. The molecule has 9 nitrogen and oxygen atoms in total. The maximum atomic E-state index is 12.3. The quantitative estimate of drug-likeness (QED) is 0.495. The molecule has 3 rings (SSSR count). The lowest BCUT2D eigenvalue weighted by molar-refractivity contribution is -0.385. The Morgan fingerprint density at radius 3 is 1.61 bits per heavy atom. The average Bonchev–Trinajstić information content (AvgIpc) is 2.69. The van der Waals surface area contributed by atoms with Gasteiger partial charge in [-0.2, -0.15) is 0 Å². The Labute approximate surface area is 158 Å². The Hall–Kier alpha value is -4.27. The summed E-state index contributed by atoms with van der Waals surface area (Å²) in [4.78, 5) is 32.5. The van der Waals surface area contributed by atoms with E-state index in [0.29, 0.717) is 22.7 Å². The van der Waals surface area contributed by atoms with Gasteiger partial charge < -0.3 is 10.1 Å². The lowest BCUT2D eigenvalue weighted by atomic mass is 10.2. The van der Waals surface area contributed by atoms with Crippen LogP contribution < -0.4 is 10.1 Å². The molecule has 9 heteroatoms. The predicted molar refractivity (Wildman–Crippen MR) is 101 cm³/mol. The van der Waals surface area contributed by atoms with Crippen molar-refractivity contribution in [3.63, 3.8) is 0 Å². The first-order valence-corrected chi connectivity index (χ1v) is 8.00. The summed E-state index contributed by atoms with van der Waals surface area (Å²) >= 11 is 0. The normalized spacial score (nSPS) is 10.1. The van der Waals surface area contributed by atoms with Crippen molar-refractivity contribution in [2.24, 2.45) is 0 Å². The lowest BCUT2D eigenvalue weighted by Gasteiger charge is -2.08. The highest BCUT2D eigenvalue weighted by atomic mass is 16.6. The number of nitrogens with one attached hydrogen (secondary N) is 1. The topological polar surface area (TPSA) is 125 Å². The smallest absolute Gasteiger partial charge is 0.269 e. The van der Waals surface area contributed by atoms with Gasteiger partial charge in [-0.05, 0) is 48.5 Å². The minimum atomic E-state index is -0.519. The van der Waals surface area contributed by atoms with E-state index in [9.17, 15) is 25.0 Å². The van der Waals surface area contributed by atoms with Crippen LogP contribution >= 0.6 is 0 Å². The van der Waals surface area contributed by atoms with Gasteiger partial charge in [0.1, 0.15) is 11.5 Å². The third-order valence-corrected chi connectivity index (χ3v) is 3.74. The molecule has 140 valence electrons. The number of amides is 1. The third-order valence-electron chi connectivity index (χ3n) is 3.74. The summed E-state index contributed by atoms with van der Waals surface area (Å²) in [5.74, 6) is 0.505. The molecule has 0 saturated heterocycles. The zero-order chi connectivity index (χ0) is 20.1. The van der Waals surface area contributed by atoms with E-state index < -0.39 is 9.85 Å². The van der Waals surface area contributed by atoms with Gasteiger partial charge >= 0.3 is 0 Å². The number of anilines is 1. The monoisotopic (exact) mass is 379 g/mol. The van der Waals surface area contributed by atoms with Crippen molar-refractivity contribution < 1.29 is 19.4 Å². The Kier molecular flexibility index (Phi) is 5.26. The molecule has 1 amide bonds. The Morgan fingerprint density at radius 2 is 1.14 bits per heavy atom. The molecule has 0 aliphatic carbocycles. The van der Waals surface area contributed by atoms with E-state index in [4.69, 9.17) is 4.74 Å². The van der Waals surface area contributed by atoms with Crippen molar-refractivity contribution >= 4 is 23.0 Å². The highest BCUT2D eigenvalue weighted by Gasteiger charge is 2.09. The zero-order valence-electron chi connectivity index (χ0n) is 14.3. The van der Waals surface area contributed by atoms with Crippen LogP contribution in [0.4, 0.5) is 17.1 Å². The van der Waals surface area contributed by atoms with Gasteiger partial charge in [0.15, 0.2) is 0 Å². The van der Waals surface area contributed by atoms with Crippen molar-refractivity contribution in [3.8, 4) is 11.5 Å². The van der Waals surface area contributed by atoms with Crippen LogP contribution in [0.2, 0.25) is 0 Å².